The highest BCUT2D eigenvalue weighted by Crippen LogP contribution is 2.35. The highest BCUT2D eigenvalue weighted by atomic mass is 32.1. The Morgan fingerprint density at radius 1 is 1.26 bits per heavy atom. The van der Waals surface area contributed by atoms with Gasteiger partial charge >= 0.3 is 0 Å². The van der Waals surface area contributed by atoms with Crippen molar-refractivity contribution in [1.82, 2.24) is 19.8 Å². The molecule has 27 heavy (non-hydrogen) atoms. The van der Waals surface area contributed by atoms with Crippen LogP contribution >= 0.6 is 11.3 Å². The van der Waals surface area contributed by atoms with Gasteiger partial charge in [0.15, 0.2) is 0 Å². The van der Waals surface area contributed by atoms with Crippen molar-refractivity contribution in [3.05, 3.63) is 51.9 Å². The van der Waals surface area contributed by atoms with Gasteiger partial charge in [0.1, 0.15) is 11.4 Å². The monoisotopic (exact) mass is 384 g/mol. The van der Waals surface area contributed by atoms with E-state index in [2.05, 4.69) is 10.3 Å². The third kappa shape index (κ3) is 3.75. The summed E-state index contributed by atoms with van der Waals surface area (Å²) in [5.41, 5.74) is 1.54. The number of aryl methyl sites for hydroxylation is 1. The second kappa shape index (κ2) is 7.71. The lowest BCUT2D eigenvalue weighted by molar-refractivity contribution is -0.135. The minimum atomic E-state index is -0.338. The molecule has 2 heterocycles. The molecule has 0 aliphatic carbocycles. The molecule has 0 saturated heterocycles. The zero-order valence-corrected chi connectivity index (χ0v) is 16.2. The number of carbonyl (C=O) groups excluding carboxylic acids is 2. The van der Waals surface area contributed by atoms with Crippen molar-refractivity contribution in [2.45, 2.75) is 13.5 Å². The number of thiophene rings is 1. The maximum atomic E-state index is 13.1. The highest BCUT2D eigenvalue weighted by molar-refractivity contribution is 7.19. The molecule has 3 aromatic rings. The van der Waals surface area contributed by atoms with E-state index in [1.807, 2.05) is 37.3 Å². The van der Waals surface area contributed by atoms with Crippen molar-refractivity contribution < 1.29 is 9.59 Å². The molecule has 140 valence electrons. The van der Waals surface area contributed by atoms with Crippen molar-refractivity contribution in [2.75, 3.05) is 20.6 Å². The molecule has 0 spiro atoms. The van der Waals surface area contributed by atoms with Gasteiger partial charge in [-0.25, -0.2) is 4.98 Å². The molecule has 0 unspecified atom stereocenters. The Hall–Kier alpha value is -3.00. The molecule has 8 heteroatoms. The smallest absolute Gasteiger partial charge is 0.263 e. The Morgan fingerprint density at radius 2 is 1.96 bits per heavy atom. The van der Waals surface area contributed by atoms with Crippen LogP contribution in [0, 0.1) is 6.92 Å². The fourth-order valence-corrected chi connectivity index (χ4v) is 3.85. The van der Waals surface area contributed by atoms with E-state index in [9.17, 15) is 14.4 Å². The van der Waals surface area contributed by atoms with Crippen LogP contribution in [0.5, 0.6) is 0 Å². The number of aromatic nitrogens is 2. The van der Waals surface area contributed by atoms with Gasteiger partial charge in [-0.3, -0.25) is 19.0 Å². The normalized spacial score (nSPS) is 10.8. The molecule has 2 aromatic heterocycles. The first-order valence-corrected chi connectivity index (χ1v) is 9.22. The summed E-state index contributed by atoms with van der Waals surface area (Å²) < 4.78 is 1.30. The lowest BCUT2D eigenvalue weighted by Crippen LogP contribution is -2.39. The molecule has 2 amide bonds. The average Bonchev–Trinajstić information content (AvgIpc) is 3.01. The zero-order valence-electron chi connectivity index (χ0n) is 15.4. The molecular formula is C19H20N4O3S. The summed E-state index contributed by atoms with van der Waals surface area (Å²) in [6, 6.07) is 9.67. The maximum Gasteiger partial charge on any atom is 0.263 e. The summed E-state index contributed by atoms with van der Waals surface area (Å²) in [5, 5.41) is 2.99. The summed E-state index contributed by atoms with van der Waals surface area (Å²) in [6.45, 7) is 1.73. The first kappa shape index (κ1) is 18.8. The van der Waals surface area contributed by atoms with Crippen molar-refractivity contribution in [2.24, 2.45) is 0 Å². The standard InChI is InChI=1S/C19H20N4O3S/c1-12-16(13-7-5-4-6-8-13)17-18(27-12)21-11-23(19(17)26)10-15(25)22(3)9-14(24)20-2/h4-8,11H,9-10H2,1-3H3,(H,20,24). The van der Waals surface area contributed by atoms with Gasteiger partial charge < -0.3 is 10.2 Å². The summed E-state index contributed by atoms with van der Waals surface area (Å²) in [5.74, 6) is -0.610. The third-order valence-corrected chi connectivity index (χ3v) is 5.32. The van der Waals surface area contributed by atoms with E-state index >= 15 is 0 Å². The molecule has 3 rings (SSSR count). The van der Waals surface area contributed by atoms with Crippen LogP contribution in [-0.4, -0.2) is 46.9 Å². The van der Waals surface area contributed by atoms with Gasteiger partial charge in [0, 0.05) is 24.5 Å². The van der Waals surface area contributed by atoms with Crippen LogP contribution in [0.3, 0.4) is 0 Å². The Labute approximate surface area is 160 Å². The molecule has 1 aromatic carbocycles. The zero-order chi connectivity index (χ0) is 19.6. The van der Waals surface area contributed by atoms with E-state index in [4.69, 9.17) is 0 Å². The van der Waals surface area contributed by atoms with Gasteiger partial charge in [-0.15, -0.1) is 11.3 Å². The molecule has 0 radical (unpaired) electrons. The molecule has 0 bridgehead atoms. The first-order chi connectivity index (χ1) is 12.9. The van der Waals surface area contributed by atoms with E-state index < -0.39 is 0 Å². The van der Waals surface area contributed by atoms with Crippen molar-refractivity contribution in [1.29, 1.82) is 0 Å². The van der Waals surface area contributed by atoms with Crippen LogP contribution in [-0.2, 0) is 16.1 Å². The number of rotatable bonds is 5. The van der Waals surface area contributed by atoms with E-state index in [0.717, 1.165) is 16.0 Å². The molecule has 0 fully saturated rings. The Kier molecular flexibility index (Phi) is 5.36. The number of hydrogen-bond donors (Lipinski definition) is 1. The minimum Gasteiger partial charge on any atom is -0.358 e. The van der Waals surface area contributed by atoms with Crippen molar-refractivity contribution >= 4 is 33.4 Å². The van der Waals surface area contributed by atoms with Gasteiger partial charge in [-0.05, 0) is 12.5 Å². The SMILES string of the molecule is CNC(=O)CN(C)C(=O)Cn1cnc2sc(C)c(-c3ccccc3)c2c1=O. The Balaban J connectivity index is 1.99. The van der Waals surface area contributed by atoms with Gasteiger partial charge in [0.05, 0.1) is 18.3 Å². The summed E-state index contributed by atoms with van der Waals surface area (Å²) in [4.78, 5) is 44.2. The van der Waals surface area contributed by atoms with Crippen LogP contribution in [0.15, 0.2) is 41.5 Å². The average molecular weight is 384 g/mol. The number of benzene rings is 1. The molecule has 0 aliphatic rings. The van der Waals surface area contributed by atoms with Crippen LogP contribution in [0.2, 0.25) is 0 Å². The minimum absolute atomic E-state index is 0.0629. The predicted octanol–water partition coefficient (Wildman–Crippen LogP) is 1.64. The molecule has 0 atom stereocenters. The second-order valence-electron chi connectivity index (χ2n) is 6.18. The third-order valence-electron chi connectivity index (χ3n) is 4.31. The van der Waals surface area contributed by atoms with Gasteiger partial charge in [0.25, 0.3) is 5.56 Å². The summed E-state index contributed by atoms with van der Waals surface area (Å²) in [7, 11) is 3.03. The van der Waals surface area contributed by atoms with Gasteiger partial charge in [0.2, 0.25) is 11.8 Å². The van der Waals surface area contributed by atoms with Crippen molar-refractivity contribution in [3.63, 3.8) is 0 Å². The lowest BCUT2D eigenvalue weighted by Gasteiger charge is -2.16. The number of carbonyl (C=O) groups is 2. The van der Waals surface area contributed by atoms with E-state index in [1.165, 1.54) is 41.2 Å². The van der Waals surface area contributed by atoms with Gasteiger partial charge in [-0.2, -0.15) is 0 Å². The Morgan fingerprint density at radius 3 is 2.63 bits per heavy atom. The highest BCUT2D eigenvalue weighted by Gasteiger charge is 2.19. The van der Waals surface area contributed by atoms with Crippen LogP contribution in [0.25, 0.3) is 21.3 Å². The molecule has 1 N–H and O–H groups in total. The first-order valence-electron chi connectivity index (χ1n) is 8.41. The van der Waals surface area contributed by atoms with E-state index in [1.54, 1.807) is 0 Å². The number of nitrogens with one attached hydrogen (secondary N) is 1. The molecular weight excluding hydrogens is 364 g/mol. The number of nitrogens with zero attached hydrogens (tertiary/aromatic N) is 3. The summed E-state index contributed by atoms with van der Waals surface area (Å²) >= 11 is 1.46. The molecule has 7 nitrogen and oxygen atoms in total. The molecule has 0 aliphatic heterocycles. The second-order valence-corrected chi connectivity index (χ2v) is 7.38. The number of hydrogen-bond acceptors (Lipinski definition) is 5. The fraction of sp³-hybridized carbons (Fsp3) is 0.263. The topological polar surface area (TPSA) is 84.3 Å². The fourth-order valence-electron chi connectivity index (χ4n) is 2.85. The van der Waals surface area contributed by atoms with Crippen molar-refractivity contribution in [3.8, 4) is 11.1 Å². The number of likely N-dealkylation sites (N-methyl/N-ethyl adjacent to an activating group) is 2. The molecule has 0 saturated carbocycles. The maximum absolute atomic E-state index is 13.1. The lowest BCUT2D eigenvalue weighted by atomic mass is 10.0. The van der Waals surface area contributed by atoms with Gasteiger partial charge in [-0.1, -0.05) is 30.3 Å². The number of amides is 2. The van der Waals surface area contributed by atoms with Crippen LogP contribution < -0.4 is 10.9 Å². The predicted molar refractivity (Wildman–Crippen MR) is 106 cm³/mol. The largest absolute Gasteiger partial charge is 0.358 e. The summed E-state index contributed by atoms with van der Waals surface area (Å²) in [6.07, 6.45) is 1.39. The van der Waals surface area contributed by atoms with E-state index in [0.29, 0.717) is 10.2 Å². The van der Waals surface area contributed by atoms with Crippen LogP contribution in [0.4, 0.5) is 0 Å². The van der Waals surface area contributed by atoms with Crippen LogP contribution in [0.1, 0.15) is 4.88 Å². The van der Waals surface area contributed by atoms with E-state index in [-0.39, 0.29) is 30.5 Å². The Bertz CT molecular complexity index is 1060. The quantitative estimate of drug-likeness (QED) is 0.725. The number of fused-ring (bicyclic) bond motifs is 1.